The summed E-state index contributed by atoms with van der Waals surface area (Å²) in [7, 11) is 0. The lowest BCUT2D eigenvalue weighted by Crippen LogP contribution is -1.92. The number of fused-ring (bicyclic) bond motifs is 7. The molecule has 0 unspecified atom stereocenters. The first-order valence-electron chi connectivity index (χ1n) is 20.8. The van der Waals surface area contributed by atoms with Gasteiger partial charge in [-0.25, -0.2) is 0 Å². The quantitative estimate of drug-likeness (QED) is 0.169. The predicted octanol–water partition coefficient (Wildman–Crippen LogP) is 14.9. The number of benzene rings is 10. The van der Waals surface area contributed by atoms with Gasteiger partial charge in [0.1, 0.15) is 11.2 Å². The normalized spacial score (nSPS) is 13.4. The summed E-state index contributed by atoms with van der Waals surface area (Å²) in [6.07, 6.45) is 0. The van der Waals surface area contributed by atoms with Crippen LogP contribution in [0.3, 0.4) is 0 Å². The molecule has 0 radical (unpaired) electrons. The maximum Gasteiger partial charge on any atom is 0.143 e. The smallest absolute Gasteiger partial charge is 0.143 e. The van der Waals surface area contributed by atoms with Crippen molar-refractivity contribution in [2.75, 3.05) is 0 Å². The Hall–Kier alpha value is -6.96. The molecule has 0 aliphatic heterocycles. The summed E-state index contributed by atoms with van der Waals surface area (Å²) in [5.74, 6) is 0. The summed E-state index contributed by atoms with van der Waals surface area (Å²) in [6, 6.07) is 50.8. The van der Waals surface area contributed by atoms with E-state index in [1.54, 1.807) is 0 Å². The van der Waals surface area contributed by atoms with Crippen molar-refractivity contribution in [2.45, 2.75) is 0 Å². The van der Waals surface area contributed by atoms with E-state index in [0.717, 1.165) is 70.9 Å². The molecular weight excluding hydrogens is 641 g/mol. The van der Waals surface area contributed by atoms with Gasteiger partial charge >= 0.3 is 0 Å². The SMILES string of the molecule is [2H]c1c([2H])c([2H])c2c(-c3c4ccccc4c(-c4ccccc4)c4ccccc34)c([2H])c([2H])c(-c3ccc4oc5c(-c6cccc7ccccc67)cccc5c4c3)c2c1[2H]. The predicted molar refractivity (Wildman–Crippen MR) is 225 cm³/mol. The lowest BCUT2D eigenvalue weighted by atomic mass is 9.84. The largest absolute Gasteiger partial charge is 0.455 e. The van der Waals surface area contributed by atoms with E-state index in [1.807, 2.05) is 103 Å². The van der Waals surface area contributed by atoms with Crippen molar-refractivity contribution in [3.63, 3.8) is 0 Å². The molecule has 1 nitrogen and oxygen atoms in total. The highest BCUT2D eigenvalue weighted by Crippen LogP contribution is 2.47. The topological polar surface area (TPSA) is 13.1 Å². The Morgan fingerprint density at radius 2 is 0.906 bits per heavy atom. The van der Waals surface area contributed by atoms with Gasteiger partial charge in [0.25, 0.3) is 0 Å². The molecule has 11 aromatic rings. The van der Waals surface area contributed by atoms with Crippen LogP contribution in [0.25, 0.3) is 110 Å². The standard InChI is InChI=1S/C52H32O/c1-2-15-34(16-3-1)50-41-21-8-10-23-43(41)51(44-24-11-9-22-42(44)50)45-30-29-37(38-19-6-7-20-40(38)45)35-28-31-49-48(32-35)47-27-13-26-46(52(47)53-49)39-25-12-17-33-14-4-5-18-36(33)39/h1-32H/i6D,7D,19D,20D,29D,30D. The Labute approximate surface area is 315 Å². The second-order valence-electron chi connectivity index (χ2n) is 13.5. The highest BCUT2D eigenvalue weighted by atomic mass is 16.3. The van der Waals surface area contributed by atoms with Crippen LogP contribution in [0.1, 0.15) is 8.22 Å². The number of hydrogen-bond donors (Lipinski definition) is 0. The van der Waals surface area contributed by atoms with Crippen molar-refractivity contribution >= 4 is 65.0 Å². The van der Waals surface area contributed by atoms with Gasteiger partial charge in [0.05, 0.1) is 8.22 Å². The number of hydrogen-bond acceptors (Lipinski definition) is 1. The molecule has 0 aliphatic rings. The van der Waals surface area contributed by atoms with Gasteiger partial charge in [0.2, 0.25) is 0 Å². The lowest BCUT2D eigenvalue weighted by molar-refractivity contribution is 0.670. The second kappa shape index (κ2) is 11.8. The zero-order chi connectivity index (χ0) is 40.1. The minimum atomic E-state index is -0.393. The molecule has 1 heteroatoms. The van der Waals surface area contributed by atoms with E-state index in [4.69, 9.17) is 7.16 Å². The first-order valence-corrected chi connectivity index (χ1v) is 17.8. The highest BCUT2D eigenvalue weighted by molar-refractivity contribution is 6.24. The zero-order valence-corrected chi connectivity index (χ0v) is 28.4. The maximum atomic E-state index is 9.86. The van der Waals surface area contributed by atoms with Gasteiger partial charge in [-0.05, 0) is 94.2 Å². The second-order valence-corrected chi connectivity index (χ2v) is 13.5. The molecule has 0 saturated heterocycles. The number of rotatable bonds is 4. The van der Waals surface area contributed by atoms with Crippen molar-refractivity contribution < 1.29 is 12.6 Å². The first kappa shape index (κ1) is 24.3. The van der Waals surface area contributed by atoms with Crippen LogP contribution in [0.15, 0.2) is 198 Å². The molecule has 0 N–H and O–H groups in total. The van der Waals surface area contributed by atoms with Gasteiger partial charge in [0.15, 0.2) is 0 Å². The van der Waals surface area contributed by atoms with Gasteiger partial charge in [-0.15, -0.1) is 0 Å². The minimum Gasteiger partial charge on any atom is -0.455 e. The van der Waals surface area contributed by atoms with Crippen molar-refractivity contribution in [3.05, 3.63) is 194 Å². The molecule has 53 heavy (non-hydrogen) atoms. The van der Waals surface area contributed by atoms with Crippen LogP contribution in [0.2, 0.25) is 0 Å². The van der Waals surface area contributed by atoms with Crippen molar-refractivity contribution in [3.8, 4) is 44.5 Å². The van der Waals surface area contributed by atoms with E-state index >= 15 is 0 Å². The van der Waals surface area contributed by atoms with Gasteiger partial charge < -0.3 is 4.42 Å². The summed E-state index contributed by atoms with van der Waals surface area (Å²) in [5.41, 5.74) is 7.24. The highest BCUT2D eigenvalue weighted by Gasteiger charge is 2.20. The van der Waals surface area contributed by atoms with Crippen LogP contribution in [0, 0.1) is 0 Å². The van der Waals surface area contributed by atoms with Gasteiger partial charge in [-0.3, -0.25) is 0 Å². The van der Waals surface area contributed by atoms with Crippen LogP contribution in [0.4, 0.5) is 0 Å². The summed E-state index contributed by atoms with van der Waals surface area (Å²) < 4.78 is 62.9. The van der Waals surface area contributed by atoms with Crippen LogP contribution in [-0.4, -0.2) is 0 Å². The average molecular weight is 679 g/mol. The number of furan rings is 1. The average Bonchev–Trinajstić information content (AvgIpc) is 3.66. The fourth-order valence-corrected chi connectivity index (χ4v) is 8.28. The lowest BCUT2D eigenvalue weighted by Gasteiger charge is -2.19. The molecular formula is C52H32O. The minimum absolute atomic E-state index is 0.115. The van der Waals surface area contributed by atoms with E-state index in [-0.39, 0.29) is 40.5 Å². The Bertz CT molecular complexity index is 3510. The van der Waals surface area contributed by atoms with Gasteiger partial charge in [-0.2, -0.15) is 0 Å². The van der Waals surface area contributed by atoms with Crippen molar-refractivity contribution in [1.29, 1.82) is 0 Å². The van der Waals surface area contributed by atoms with Gasteiger partial charge in [0, 0.05) is 16.3 Å². The van der Waals surface area contributed by atoms with Crippen molar-refractivity contribution in [1.82, 2.24) is 0 Å². The van der Waals surface area contributed by atoms with E-state index in [1.165, 1.54) is 0 Å². The van der Waals surface area contributed by atoms with Crippen LogP contribution < -0.4 is 0 Å². The molecule has 0 bridgehead atoms. The van der Waals surface area contributed by atoms with E-state index in [9.17, 15) is 5.48 Å². The van der Waals surface area contributed by atoms with E-state index < -0.39 is 12.1 Å². The van der Waals surface area contributed by atoms with Crippen molar-refractivity contribution in [2.24, 2.45) is 0 Å². The molecule has 0 aliphatic carbocycles. The Balaban J connectivity index is 1.22. The summed E-state index contributed by atoms with van der Waals surface area (Å²) in [4.78, 5) is 0. The molecule has 1 aromatic heterocycles. The fraction of sp³-hybridized carbons (Fsp3) is 0. The third-order valence-corrected chi connectivity index (χ3v) is 10.6. The first-order chi connectivity index (χ1) is 28.8. The molecule has 1 heterocycles. The van der Waals surface area contributed by atoms with Crippen LogP contribution in [-0.2, 0) is 0 Å². The Kier molecular flexibility index (Phi) is 5.40. The summed E-state index contributed by atoms with van der Waals surface area (Å²) in [6.45, 7) is 0. The zero-order valence-electron chi connectivity index (χ0n) is 34.4. The third-order valence-electron chi connectivity index (χ3n) is 10.6. The van der Waals surface area contributed by atoms with E-state index in [2.05, 4.69) is 54.6 Å². The van der Waals surface area contributed by atoms with Crippen LogP contribution >= 0.6 is 0 Å². The summed E-state index contributed by atoms with van der Waals surface area (Å²) in [5, 5.41) is 7.87. The Morgan fingerprint density at radius 3 is 1.66 bits per heavy atom. The molecule has 0 fully saturated rings. The molecule has 10 aromatic carbocycles. The third kappa shape index (κ3) is 4.58. The monoisotopic (exact) mass is 678 g/mol. The summed E-state index contributed by atoms with van der Waals surface area (Å²) >= 11 is 0. The molecule has 11 rings (SSSR count). The molecule has 0 saturated carbocycles. The van der Waals surface area contributed by atoms with Gasteiger partial charge in [-0.1, -0.05) is 182 Å². The molecule has 246 valence electrons. The molecule has 0 atom stereocenters. The van der Waals surface area contributed by atoms with E-state index in [0.29, 0.717) is 22.3 Å². The fourth-order valence-electron chi connectivity index (χ4n) is 8.28. The molecule has 0 amide bonds. The van der Waals surface area contributed by atoms with Crippen LogP contribution in [0.5, 0.6) is 0 Å². The molecule has 0 spiro atoms. The number of para-hydroxylation sites is 1. The Morgan fingerprint density at radius 1 is 0.340 bits per heavy atom. The maximum absolute atomic E-state index is 9.86.